The third-order valence-corrected chi connectivity index (χ3v) is 2.93. The van der Waals surface area contributed by atoms with Crippen molar-refractivity contribution in [3.8, 4) is 5.82 Å². The summed E-state index contributed by atoms with van der Waals surface area (Å²) in [6, 6.07) is 0. The molecule has 3 heterocycles. The number of rotatable bonds is 2. The minimum absolute atomic E-state index is 0.514. The van der Waals surface area contributed by atoms with Crippen LogP contribution in [0.25, 0.3) is 11.5 Å². The summed E-state index contributed by atoms with van der Waals surface area (Å²) in [6.07, 6.45) is 6.91. The summed E-state index contributed by atoms with van der Waals surface area (Å²) >= 11 is 6.00. The molecular weight excluding hydrogens is 254 g/mol. The summed E-state index contributed by atoms with van der Waals surface area (Å²) in [4.78, 5) is 8.58. The highest BCUT2D eigenvalue weighted by Crippen LogP contribution is 2.19. The van der Waals surface area contributed by atoms with Gasteiger partial charge in [-0.25, -0.2) is 20.5 Å². The molecular formula is C10H10ClN7. The Kier molecular flexibility index (Phi) is 2.42. The van der Waals surface area contributed by atoms with Gasteiger partial charge in [0, 0.05) is 12.4 Å². The van der Waals surface area contributed by atoms with Gasteiger partial charge < -0.3 is 9.83 Å². The monoisotopic (exact) mass is 263 g/mol. The van der Waals surface area contributed by atoms with Crippen molar-refractivity contribution >= 4 is 23.1 Å². The molecule has 0 saturated carbocycles. The van der Waals surface area contributed by atoms with Gasteiger partial charge in [-0.15, -0.1) is 0 Å². The van der Waals surface area contributed by atoms with E-state index in [1.807, 2.05) is 11.3 Å². The Bertz CT molecular complexity index is 695. The van der Waals surface area contributed by atoms with Crippen molar-refractivity contribution in [2.24, 2.45) is 5.84 Å². The molecule has 0 aliphatic heterocycles. The maximum Gasteiger partial charge on any atom is 0.199 e. The van der Waals surface area contributed by atoms with Crippen LogP contribution in [0.2, 0.25) is 5.02 Å². The fraction of sp³-hybridized carbons (Fsp3) is 0.100. The van der Waals surface area contributed by atoms with Crippen LogP contribution in [-0.2, 0) is 0 Å². The Hall–Kier alpha value is -2.12. The molecule has 3 rings (SSSR count). The van der Waals surface area contributed by atoms with E-state index in [4.69, 9.17) is 17.4 Å². The average Bonchev–Trinajstić information content (AvgIpc) is 2.95. The number of halogens is 1. The van der Waals surface area contributed by atoms with Crippen LogP contribution >= 0.6 is 11.6 Å². The zero-order valence-corrected chi connectivity index (χ0v) is 10.3. The highest BCUT2D eigenvalue weighted by Gasteiger charge is 2.12. The number of imidazole rings is 1. The molecule has 8 heteroatoms. The Morgan fingerprint density at radius 1 is 1.39 bits per heavy atom. The number of aromatic nitrogens is 5. The Labute approximate surface area is 107 Å². The predicted molar refractivity (Wildman–Crippen MR) is 67.7 cm³/mol. The molecule has 0 radical (unpaired) electrons. The lowest BCUT2D eigenvalue weighted by Gasteiger charge is -2.06. The third-order valence-electron chi connectivity index (χ3n) is 2.56. The molecule has 0 bridgehead atoms. The first kappa shape index (κ1) is 11.0. The molecule has 0 amide bonds. The topological polar surface area (TPSA) is 86.1 Å². The summed E-state index contributed by atoms with van der Waals surface area (Å²) in [6.45, 7) is 1.83. The quantitative estimate of drug-likeness (QED) is 0.535. The highest BCUT2D eigenvalue weighted by molar-refractivity contribution is 6.31. The van der Waals surface area contributed by atoms with E-state index in [0.29, 0.717) is 22.3 Å². The van der Waals surface area contributed by atoms with Gasteiger partial charge in [0.05, 0.1) is 23.1 Å². The summed E-state index contributed by atoms with van der Waals surface area (Å²) < 4.78 is 3.39. The van der Waals surface area contributed by atoms with Crippen LogP contribution in [0.3, 0.4) is 0 Å². The van der Waals surface area contributed by atoms with Crippen LogP contribution in [0.5, 0.6) is 0 Å². The summed E-state index contributed by atoms with van der Waals surface area (Å²) in [5.74, 6) is 6.46. The maximum atomic E-state index is 6.00. The molecule has 0 aliphatic carbocycles. The normalized spacial score (nSPS) is 11.1. The first-order chi connectivity index (χ1) is 8.69. The van der Waals surface area contributed by atoms with Crippen LogP contribution in [0.1, 0.15) is 5.69 Å². The fourth-order valence-electron chi connectivity index (χ4n) is 1.69. The lowest BCUT2D eigenvalue weighted by atomic mass is 10.5. The number of nitrogens with zero attached hydrogens (tertiary/aromatic N) is 5. The van der Waals surface area contributed by atoms with E-state index in [0.717, 1.165) is 5.69 Å². The standard InChI is InChI=1S/C10H10ClN7/c1-6-7(11)4-18(16-6)10-9-13-2-3-17(9)5-8(14-10)15-12/h2-5,15H,12H2,1H3. The van der Waals surface area contributed by atoms with E-state index < -0.39 is 0 Å². The van der Waals surface area contributed by atoms with Gasteiger partial charge in [0.15, 0.2) is 17.3 Å². The fourth-order valence-corrected chi connectivity index (χ4v) is 1.82. The first-order valence-electron chi connectivity index (χ1n) is 5.21. The molecule has 0 unspecified atom stereocenters. The molecule has 0 spiro atoms. The van der Waals surface area contributed by atoms with Crippen LogP contribution in [0.4, 0.5) is 5.82 Å². The first-order valence-corrected chi connectivity index (χ1v) is 5.59. The number of hydrazine groups is 1. The van der Waals surface area contributed by atoms with Crippen molar-refractivity contribution in [1.29, 1.82) is 0 Å². The SMILES string of the molecule is Cc1nn(-c2nc(NN)cn3ccnc23)cc1Cl. The van der Waals surface area contributed by atoms with Gasteiger partial charge in [0.25, 0.3) is 0 Å². The molecule has 0 atom stereocenters. The minimum Gasteiger partial charge on any atom is -0.307 e. The number of fused-ring (bicyclic) bond motifs is 1. The molecule has 92 valence electrons. The van der Waals surface area contributed by atoms with Crippen molar-refractivity contribution in [3.63, 3.8) is 0 Å². The van der Waals surface area contributed by atoms with Crippen LogP contribution in [-0.4, -0.2) is 24.1 Å². The van der Waals surface area contributed by atoms with Gasteiger partial charge in [0.1, 0.15) is 0 Å². The molecule has 3 N–H and O–H groups in total. The summed E-state index contributed by atoms with van der Waals surface area (Å²) in [7, 11) is 0. The molecule has 0 fully saturated rings. The van der Waals surface area contributed by atoms with Crippen LogP contribution in [0.15, 0.2) is 24.8 Å². The van der Waals surface area contributed by atoms with Crippen molar-refractivity contribution in [2.45, 2.75) is 6.92 Å². The number of nitrogens with one attached hydrogen (secondary N) is 1. The van der Waals surface area contributed by atoms with Gasteiger partial charge in [-0.2, -0.15) is 5.10 Å². The molecule has 0 aliphatic rings. The van der Waals surface area contributed by atoms with Crippen molar-refractivity contribution < 1.29 is 0 Å². The summed E-state index contributed by atoms with van der Waals surface area (Å²) in [5, 5.41) is 4.86. The molecule has 18 heavy (non-hydrogen) atoms. The smallest absolute Gasteiger partial charge is 0.199 e. The van der Waals surface area contributed by atoms with E-state index >= 15 is 0 Å². The number of anilines is 1. The number of aryl methyl sites for hydroxylation is 1. The van der Waals surface area contributed by atoms with E-state index in [9.17, 15) is 0 Å². The van der Waals surface area contributed by atoms with E-state index in [2.05, 4.69) is 20.5 Å². The van der Waals surface area contributed by atoms with E-state index in [1.165, 1.54) is 0 Å². The number of nitrogen functional groups attached to an aromatic ring is 1. The number of hydrogen-bond acceptors (Lipinski definition) is 5. The Morgan fingerprint density at radius 3 is 2.89 bits per heavy atom. The van der Waals surface area contributed by atoms with Crippen LogP contribution in [0, 0.1) is 6.92 Å². The number of nitrogens with two attached hydrogens (primary N) is 1. The molecule has 3 aromatic heterocycles. The van der Waals surface area contributed by atoms with Gasteiger partial charge in [-0.05, 0) is 6.92 Å². The van der Waals surface area contributed by atoms with Gasteiger partial charge >= 0.3 is 0 Å². The lowest BCUT2D eigenvalue weighted by Crippen LogP contribution is -2.12. The minimum atomic E-state index is 0.514. The van der Waals surface area contributed by atoms with Crippen LogP contribution < -0.4 is 11.3 Å². The van der Waals surface area contributed by atoms with Gasteiger partial charge in [-0.3, -0.25) is 0 Å². The number of hydrogen-bond donors (Lipinski definition) is 2. The Morgan fingerprint density at radius 2 is 2.22 bits per heavy atom. The second kappa shape index (κ2) is 3.97. The summed E-state index contributed by atoms with van der Waals surface area (Å²) in [5.41, 5.74) is 3.91. The molecule has 3 aromatic rings. The second-order valence-corrected chi connectivity index (χ2v) is 4.17. The van der Waals surface area contributed by atoms with Gasteiger partial charge in [0.2, 0.25) is 0 Å². The van der Waals surface area contributed by atoms with Crippen molar-refractivity contribution in [3.05, 3.63) is 35.5 Å². The van der Waals surface area contributed by atoms with Crippen molar-refractivity contribution in [2.75, 3.05) is 5.43 Å². The predicted octanol–water partition coefficient (Wildman–Crippen LogP) is 1.16. The second-order valence-electron chi connectivity index (χ2n) is 3.76. The average molecular weight is 264 g/mol. The maximum absolute atomic E-state index is 6.00. The largest absolute Gasteiger partial charge is 0.307 e. The van der Waals surface area contributed by atoms with Crippen molar-refractivity contribution in [1.82, 2.24) is 24.1 Å². The molecule has 7 nitrogen and oxygen atoms in total. The lowest BCUT2D eigenvalue weighted by molar-refractivity contribution is 0.828. The third kappa shape index (κ3) is 1.60. The zero-order chi connectivity index (χ0) is 12.7. The van der Waals surface area contributed by atoms with E-state index in [1.54, 1.807) is 29.5 Å². The van der Waals surface area contributed by atoms with Gasteiger partial charge in [-0.1, -0.05) is 11.6 Å². The molecule has 0 aromatic carbocycles. The molecule has 0 saturated heterocycles. The zero-order valence-electron chi connectivity index (χ0n) is 9.50. The van der Waals surface area contributed by atoms with E-state index in [-0.39, 0.29) is 0 Å². The Balaban J connectivity index is 2.29. The highest BCUT2D eigenvalue weighted by atomic mass is 35.5.